The zero-order chi connectivity index (χ0) is 11.6. The van der Waals surface area contributed by atoms with Crippen molar-refractivity contribution in [3.05, 3.63) is 0 Å². The lowest BCUT2D eigenvalue weighted by Gasteiger charge is -2.29. The summed E-state index contributed by atoms with van der Waals surface area (Å²) in [5.74, 6) is -1.50. The number of likely N-dealkylation sites (N-methyl/N-ethyl adjacent to an activating group) is 1. The highest BCUT2D eigenvalue weighted by Crippen LogP contribution is 2.34. The number of likely N-dealkylation sites (tertiary alicyclic amines) is 1. The van der Waals surface area contributed by atoms with Gasteiger partial charge in [0.25, 0.3) is 0 Å². The van der Waals surface area contributed by atoms with Crippen LogP contribution in [0.25, 0.3) is 0 Å². The van der Waals surface area contributed by atoms with Gasteiger partial charge in [-0.2, -0.15) is 0 Å². The Hall–Kier alpha value is -0.610. The van der Waals surface area contributed by atoms with Crippen LogP contribution in [0.5, 0.6) is 0 Å². The van der Waals surface area contributed by atoms with E-state index in [0.717, 1.165) is 6.42 Å². The molecule has 1 aliphatic heterocycles. The molecule has 0 aromatic heterocycles. The van der Waals surface area contributed by atoms with Crippen molar-refractivity contribution in [2.45, 2.75) is 44.8 Å². The Morgan fingerprint density at radius 1 is 1.67 bits per heavy atom. The molecular formula is C11H21NO3. The van der Waals surface area contributed by atoms with Crippen molar-refractivity contribution in [1.29, 1.82) is 0 Å². The highest BCUT2D eigenvalue weighted by molar-refractivity contribution is 5.71. The minimum Gasteiger partial charge on any atom is -0.481 e. The van der Waals surface area contributed by atoms with Crippen LogP contribution in [0.1, 0.15) is 33.1 Å². The zero-order valence-corrected chi connectivity index (χ0v) is 9.73. The maximum absolute atomic E-state index is 11.1. The smallest absolute Gasteiger partial charge is 0.309 e. The van der Waals surface area contributed by atoms with Gasteiger partial charge in [0.05, 0.1) is 11.5 Å². The van der Waals surface area contributed by atoms with E-state index in [4.69, 9.17) is 5.11 Å². The molecule has 3 unspecified atom stereocenters. The molecule has 0 aromatic carbocycles. The van der Waals surface area contributed by atoms with Gasteiger partial charge in [-0.1, -0.05) is 13.3 Å². The molecule has 15 heavy (non-hydrogen) atoms. The summed E-state index contributed by atoms with van der Waals surface area (Å²) in [5.41, 5.74) is -1.05. The van der Waals surface area contributed by atoms with Crippen molar-refractivity contribution < 1.29 is 15.0 Å². The van der Waals surface area contributed by atoms with Crippen molar-refractivity contribution in [3.8, 4) is 0 Å². The van der Waals surface area contributed by atoms with Crippen LogP contribution in [0, 0.1) is 5.92 Å². The fraction of sp³-hybridized carbons (Fsp3) is 0.909. The molecule has 88 valence electrons. The van der Waals surface area contributed by atoms with Crippen LogP contribution < -0.4 is 0 Å². The van der Waals surface area contributed by atoms with Crippen molar-refractivity contribution >= 4 is 5.97 Å². The van der Waals surface area contributed by atoms with E-state index in [0.29, 0.717) is 19.4 Å². The number of hydrogen-bond acceptors (Lipinski definition) is 3. The van der Waals surface area contributed by atoms with Crippen LogP contribution >= 0.6 is 0 Å². The van der Waals surface area contributed by atoms with Gasteiger partial charge in [0.2, 0.25) is 0 Å². The summed E-state index contributed by atoms with van der Waals surface area (Å²) in [4.78, 5) is 13.1. The summed E-state index contributed by atoms with van der Waals surface area (Å²) in [6, 6.07) is 0.258. The molecule has 2 N–H and O–H groups in total. The van der Waals surface area contributed by atoms with E-state index in [2.05, 4.69) is 0 Å². The maximum atomic E-state index is 11.1. The van der Waals surface area contributed by atoms with E-state index >= 15 is 0 Å². The Balaban J connectivity index is 2.79. The van der Waals surface area contributed by atoms with Gasteiger partial charge in [0.1, 0.15) is 0 Å². The van der Waals surface area contributed by atoms with E-state index in [1.54, 1.807) is 0 Å². The van der Waals surface area contributed by atoms with Gasteiger partial charge in [-0.3, -0.25) is 4.79 Å². The lowest BCUT2D eigenvalue weighted by molar-refractivity contribution is -0.151. The second-order valence-electron chi connectivity index (χ2n) is 4.75. The average molecular weight is 215 g/mol. The van der Waals surface area contributed by atoms with Crippen LogP contribution in [0.3, 0.4) is 0 Å². The van der Waals surface area contributed by atoms with Crippen LogP contribution in [0.2, 0.25) is 0 Å². The van der Waals surface area contributed by atoms with Gasteiger partial charge >= 0.3 is 5.97 Å². The van der Waals surface area contributed by atoms with Gasteiger partial charge in [0.15, 0.2) is 0 Å². The first kappa shape index (κ1) is 12.5. The average Bonchev–Trinajstić information content (AvgIpc) is 2.37. The summed E-state index contributed by atoms with van der Waals surface area (Å²) in [6.07, 6.45) is 1.89. The van der Waals surface area contributed by atoms with E-state index in [1.165, 1.54) is 0 Å². The molecule has 0 amide bonds. The molecular weight excluding hydrogens is 194 g/mol. The Morgan fingerprint density at radius 3 is 2.60 bits per heavy atom. The van der Waals surface area contributed by atoms with Crippen LogP contribution in [0.4, 0.5) is 0 Å². The van der Waals surface area contributed by atoms with Crippen molar-refractivity contribution in [2.75, 3.05) is 13.6 Å². The molecule has 1 saturated heterocycles. The van der Waals surface area contributed by atoms with E-state index in [9.17, 15) is 9.90 Å². The van der Waals surface area contributed by atoms with E-state index in [-0.39, 0.29) is 6.04 Å². The molecule has 1 fully saturated rings. The minimum absolute atomic E-state index is 0.258. The van der Waals surface area contributed by atoms with Crippen LogP contribution in [-0.2, 0) is 4.79 Å². The first-order valence-electron chi connectivity index (χ1n) is 5.56. The number of hydrogen-bond donors (Lipinski definition) is 2. The fourth-order valence-corrected chi connectivity index (χ4v) is 2.48. The number of carboxylic acids is 1. The quantitative estimate of drug-likeness (QED) is 0.732. The molecule has 3 atom stereocenters. The first-order valence-corrected chi connectivity index (χ1v) is 5.56. The predicted molar refractivity (Wildman–Crippen MR) is 57.7 cm³/mol. The summed E-state index contributed by atoms with van der Waals surface area (Å²) < 4.78 is 0. The summed E-state index contributed by atoms with van der Waals surface area (Å²) in [7, 11) is 1.92. The Morgan fingerprint density at radius 2 is 2.27 bits per heavy atom. The molecule has 1 heterocycles. The van der Waals surface area contributed by atoms with Gasteiger partial charge < -0.3 is 15.1 Å². The number of nitrogens with zero attached hydrogens (tertiary/aromatic N) is 1. The third-order valence-corrected chi connectivity index (χ3v) is 3.45. The molecule has 0 spiro atoms. The SMILES string of the molecule is CCCC(C(=O)O)C1(O)CC(C)N(C)C1. The number of carbonyl (C=O) groups is 1. The lowest BCUT2D eigenvalue weighted by Crippen LogP contribution is -2.44. The molecule has 0 aliphatic carbocycles. The van der Waals surface area contributed by atoms with Crippen molar-refractivity contribution in [1.82, 2.24) is 4.90 Å². The Bertz CT molecular complexity index is 232. The standard InChI is InChI=1S/C11H21NO3/c1-4-5-9(10(13)14)11(15)6-8(2)12(3)7-11/h8-9,15H,4-7H2,1-3H3,(H,13,14). The van der Waals surface area contributed by atoms with Crippen molar-refractivity contribution in [2.24, 2.45) is 5.92 Å². The Kier molecular flexibility index (Phi) is 3.73. The first-order chi connectivity index (χ1) is 6.90. The topological polar surface area (TPSA) is 60.8 Å². The largest absolute Gasteiger partial charge is 0.481 e. The second kappa shape index (κ2) is 4.49. The third kappa shape index (κ3) is 2.49. The maximum Gasteiger partial charge on any atom is 0.309 e. The fourth-order valence-electron chi connectivity index (χ4n) is 2.48. The minimum atomic E-state index is -1.05. The molecule has 4 heteroatoms. The summed E-state index contributed by atoms with van der Waals surface area (Å²) in [6.45, 7) is 4.43. The summed E-state index contributed by atoms with van der Waals surface area (Å²) >= 11 is 0. The molecule has 1 aliphatic rings. The Labute approximate surface area is 90.9 Å². The molecule has 0 bridgehead atoms. The molecule has 0 aromatic rings. The number of aliphatic hydroxyl groups is 1. The number of carboxylic acid groups (broad SMARTS) is 1. The van der Waals surface area contributed by atoms with Gasteiger partial charge in [0, 0.05) is 12.6 Å². The third-order valence-electron chi connectivity index (χ3n) is 3.45. The summed E-state index contributed by atoms with van der Waals surface area (Å²) in [5, 5.41) is 19.5. The second-order valence-corrected chi connectivity index (χ2v) is 4.75. The van der Waals surface area contributed by atoms with Gasteiger partial charge in [-0.25, -0.2) is 0 Å². The number of rotatable bonds is 4. The number of β-amino-alcohol motifs (C(OH)–C–C–N with tert-alkyl or cyclic N) is 1. The number of aliphatic carboxylic acids is 1. The van der Waals surface area contributed by atoms with E-state index in [1.807, 2.05) is 25.8 Å². The molecule has 0 saturated carbocycles. The molecule has 4 nitrogen and oxygen atoms in total. The highest BCUT2D eigenvalue weighted by atomic mass is 16.4. The normalized spacial score (nSPS) is 34.3. The van der Waals surface area contributed by atoms with Gasteiger partial charge in [-0.05, 0) is 26.8 Å². The van der Waals surface area contributed by atoms with Gasteiger partial charge in [-0.15, -0.1) is 0 Å². The van der Waals surface area contributed by atoms with Crippen molar-refractivity contribution in [3.63, 3.8) is 0 Å². The van der Waals surface area contributed by atoms with E-state index < -0.39 is 17.5 Å². The van der Waals surface area contributed by atoms with Crippen LogP contribution in [0.15, 0.2) is 0 Å². The highest BCUT2D eigenvalue weighted by Gasteiger charge is 2.47. The monoisotopic (exact) mass is 215 g/mol. The predicted octanol–water partition coefficient (Wildman–Crippen LogP) is 0.942. The zero-order valence-electron chi connectivity index (χ0n) is 9.73. The molecule has 0 radical (unpaired) electrons. The molecule has 1 rings (SSSR count). The van der Waals surface area contributed by atoms with Crippen LogP contribution in [-0.4, -0.2) is 46.3 Å². The lowest BCUT2D eigenvalue weighted by atomic mass is 9.82.